The van der Waals surface area contributed by atoms with E-state index in [9.17, 15) is 5.11 Å². The molecule has 0 bridgehead atoms. The number of phenolic OH excluding ortho intramolecular Hbond substituents is 1. The van der Waals surface area contributed by atoms with Crippen LogP contribution in [0.15, 0.2) is 22.7 Å². The molecule has 1 aromatic rings. The van der Waals surface area contributed by atoms with Crippen LogP contribution in [0.1, 0.15) is 12.5 Å². The Labute approximate surface area is 68.8 Å². The molecule has 54 valence electrons. The summed E-state index contributed by atoms with van der Waals surface area (Å²) in [5.41, 5.74) is 1.14. The minimum Gasteiger partial charge on any atom is -0.507 e. The molecule has 0 atom stereocenters. The Morgan fingerprint density at radius 1 is 1.50 bits per heavy atom. The molecule has 1 nitrogen and oxygen atoms in total. The van der Waals surface area contributed by atoms with E-state index in [1.54, 1.807) is 6.07 Å². The maximum Gasteiger partial charge on any atom is 0.130 e. The Bertz CT molecular complexity index is 233. The molecule has 0 aromatic heterocycles. The molecule has 0 aliphatic heterocycles. The lowest BCUT2D eigenvalue weighted by atomic mass is 10.2. The molecule has 0 saturated carbocycles. The Morgan fingerprint density at radius 2 is 2.20 bits per heavy atom. The highest BCUT2D eigenvalue weighted by molar-refractivity contribution is 9.10. The third-order valence-electron chi connectivity index (χ3n) is 1.44. The highest BCUT2D eigenvalue weighted by Gasteiger charge is 2.00. The number of phenols is 1. The van der Waals surface area contributed by atoms with E-state index in [1.807, 2.05) is 12.1 Å². The zero-order valence-corrected chi connectivity index (χ0v) is 7.35. The van der Waals surface area contributed by atoms with Crippen LogP contribution >= 0.6 is 15.9 Å². The van der Waals surface area contributed by atoms with Crippen LogP contribution in [0.4, 0.5) is 0 Å². The van der Waals surface area contributed by atoms with Crippen molar-refractivity contribution >= 4 is 15.9 Å². The first-order valence-electron chi connectivity index (χ1n) is 3.22. The van der Waals surface area contributed by atoms with Gasteiger partial charge in [0.15, 0.2) is 0 Å². The molecule has 0 aliphatic carbocycles. The Morgan fingerprint density at radius 3 is 2.70 bits per heavy atom. The minimum atomic E-state index is 0.319. The van der Waals surface area contributed by atoms with Crippen LogP contribution in [-0.2, 0) is 6.42 Å². The van der Waals surface area contributed by atoms with Crippen molar-refractivity contribution in [1.82, 2.24) is 0 Å². The van der Waals surface area contributed by atoms with Gasteiger partial charge in [-0.2, -0.15) is 0 Å². The molecule has 0 fully saturated rings. The molecule has 0 amide bonds. The van der Waals surface area contributed by atoms with Gasteiger partial charge in [-0.25, -0.2) is 0 Å². The summed E-state index contributed by atoms with van der Waals surface area (Å²) in [4.78, 5) is 0. The zero-order chi connectivity index (χ0) is 7.56. The van der Waals surface area contributed by atoms with E-state index in [0.29, 0.717) is 5.75 Å². The molecule has 1 aromatic carbocycles. The van der Waals surface area contributed by atoms with Gasteiger partial charge in [0.25, 0.3) is 0 Å². The van der Waals surface area contributed by atoms with E-state index in [-0.39, 0.29) is 0 Å². The largest absolute Gasteiger partial charge is 0.507 e. The summed E-state index contributed by atoms with van der Waals surface area (Å²) in [6.07, 6.45) is 0.939. The summed E-state index contributed by atoms with van der Waals surface area (Å²) in [6.45, 7) is 2.06. The van der Waals surface area contributed by atoms with Crippen molar-refractivity contribution < 1.29 is 5.11 Å². The highest BCUT2D eigenvalue weighted by atomic mass is 79.9. The molecule has 2 heteroatoms. The molecule has 0 unspecified atom stereocenters. The molecule has 0 aliphatic rings. The van der Waals surface area contributed by atoms with E-state index in [2.05, 4.69) is 22.9 Å². The van der Waals surface area contributed by atoms with E-state index in [1.165, 1.54) is 0 Å². The zero-order valence-electron chi connectivity index (χ0n) is 5.76. The molecular weight excluding hydrogens is 192 g/mol. The summed E-state index contributed by atoms with van der Waals surface area (Å²) in [6, 6.07) is 5.51. The third kappa shape index (κ3) is 1.32. The van der Waals surface area contributed by atoms with Gasteiger partial charge < -0.3 is 5.11 Å². The number of aromatic hydroxyl groups is 1. The van der Waals surface area contributed by atoms with Crippen molar-refractivity contribution in [1.29, 1.82) is 0 Å². The number of halogens is 1. The fourth-order valence-electron chi connectivity index (χ4n) is 0.839. The first kappa shape index (κ1) is 7.61. The smallest absolute Gasteiger partial charge is 0.130 e. The van der Waals surface area contributed by atoms with Crippen LogP contribution in [-0.4, -0.2) is 5.11 Å². The lowest BCUT2D eigenvalue weighted by Gasteiger charge is -2.01. The lowest BCUT2D eigenvalue weighted by Crippen LogP contribution is -1.80. The average Bonchev–Trinajstić information content (AvgIpc) is 1.95. The summed E-state index contributed by atoms with van der Waals surface area (Å²) >= 11 is 3.29. The van der Waals surface area contributed by atoms with Gasteiger partial charge in [-0.3, -0.25) is 0 Å². The van der Waals surface area contributed by atoms with Gasteiger partial charge in [-0.15, -0.1) is 0 Å². The summed E-state index contributed by atoms with van der Waals surface area (Å²) in [5.74, 6) is 0.319. The van der Waals surface area contributed by atoms with Crippen molar-refractivity contribution in [3.8, 4) is 5.75 Å². The third-order valence-corrected chi connectivity index (χ3v) is 2.35. The predicted octanol–water partition coefficient (Wildman–Crippen LogP) is 2.72. The number of aryl methyl sites for hydroxylation is 1. The Kier molecular flexibility index (Phi) is 2.33. The SMILES string of the molecule is CCc1cccc(O)c1Br. The second kappa shape index (κ2) is 3.06. The van der Waals surface area contributed by atoms with E-state index in [0.717, 1.165) is 16.5 Å². The van der Waals surface area contributed by atoms with Crippen molar-refractivity contribution in [3.05, 3.63) is 28.2 Å². The second-order valence-electron chi connectivity index (χ2n) is 2.10. The van der Waals surface area contributed by atoms with Gasteiger partial charge in [-0.1, -0.05) is 19.1 Å². The standard InChI is InChI=1S/C8H9BrO/c1-2-6-4-3-5-7(10)8(6)9/h3-5,10H,2H2,1H3. The summed E-state index contributed by atoms with van der Waals surface area (Å²) in [7, 11) is 0. The van der Waals surface area contributed by atoms with E-state index in [4.69, 9.17) is 0 Å². The van der Waals surface area contributed by atoms with Gasteiger partial charge in [0.1, 0.15) is 5.75 Å². The first-order valence-corrected chi connectivity index (χ1v) is 4.01. The number of benzene rings is 1. The Hall–Kier alpha value is -0.500. The summed E-state index contributed by atoms with van der Waals surface area (Å²) < 4.78 is 0.817. The fraction of sp³-hybridized carbons (Fsp3) is 0.250. The van der Waals surface area contributed by atoms with Gasteiger partial charge in [0.2, 0.25) is 0 Å². The van der Waals surface area contributed by atoms with Crippen molar-refractivity contribution in [3.63, 3.8) is 0 Å². The number of hydrogen-bond acceptors (Lipinski definition) is 1. The molecule has 10 heavy (non-hydrogen) atoms. The Balaban J connectivity index is 3.14. The maximum atomic E-state index is 9.18. The van der Waals surface area contributed by atoms with Crippen LogP contribution in [0.5, 0.6) is 5.75 Å². The van der Waals surface area contributed by atoms with Gasteiger partial charge in [0, 0.05) is 0 Å². The normalized spacial score (nSPS) is 9.80. The number of hydrogen-bond donors (Lipinski definition) is 1. The molecule has 0 radical (unpaired) electrons. The average molecular weight is 201 g/mol. The minimum absolute atomic E-state index is 0.319. The molecule has 0 heterocycles. The predicted molar refractivity (Wildman–Crippen MR) is 45.2 cm³/mol. The van der Waals surface area contributed by atoms with Crippen LogP contribution in [0.2, 0.25) is 0 Å². The monoisotopic (exact) mass is 200 g/mol. The van der Waals surface area contributed by atoms with Gasteiger partial charge in [0.05, 0.1) is 4.47 Å². The maximum absolute atomic E-state index is 9.18. The van der Waals surface area contributed by atoms with Crippen LogP contribution in [0, 0.1) is 0 Å². The van der Waals surface area contributed by atoms with Crippen LogP contribution < -0.4 is 0 Å². The van der Waals surface area contributed by atoms with E-state index < -0.39 is 0 Å². The van der Waals surface area contributed by atoms with Gasteiger partial charge in [-0.05, 0) is 34.0 Å². The highest BCUT2D eigenvalue weighted by Crippen LogP contribution is 2.27. The topological polar surface area (TPSA) is 20.2 Å². The first-order chi connectivity index (χ1) is 4.75. The lowest BCUT2D eigenvalue weighted by molar-refractivity contribution is 0.471. The summed E-state index contributed by atoms with van der Waals surface area (Å²) in [5, 5.41) is 9.18. The quantitative estimate of drug-likeness (QED) is 0.740. The number of rotatable bonds is 1. The fourth-order valence-corrected chi connectivity index (χ4v) is 1.38. The molecule has 0 saturated heterocycles. The molecule has 1 N–H and O–H groups in total. The molecule has 0 spiro atoms. The second-order valence-corrected chi connectivity index (χ2v) is 2.90. The van der Waals surface area contributed by atoms with Crippen molar-refractivity contribution in [2.45, 2.75) is 13.3 Å². The van der Waals surface area contributed by atoms with Crippen molar-refractivity contribution in [2.75, 3.05) is 0 Å². The molecular formula is C8H9BrO. The van der Waals surface area contributed by atoms with Gasteiger partial charge >= 0.3 is 0 Å². The molecule has 1 rings (SSSR count). The van der Waals surface area contributed by atoms with Crippen molar-refractivity contribution in [2.24, 2.45) is 0 Å². The van der Waals surface area contributed by atoms with E-state index >= 15 is 0 Å². The van der Waals surface area contributed by atoms with Crippen LogP contribution in [0.25, 0.3) is 0 Å². The van der Waals surface area contributed by atoms with Crippen LogP contribution in [0.3, 0.4) is 0 Å².